The van der Waals surface area contributed by atoms with Crippen molar-refractivity contribution in [3.05, 3.63) is 29.8 Å². The molecule has 0 bridgehead atoms. The summed E-state index contributed by atoms with van der Waals surface area (Å²) in [4.78, 5) is 10.9. The minimum Gasteiger partial charge on any atom is -1.00 e. The quantitative estimate of drug-likeness (QED) is 0.273. The van der Waals surface area contributed by atoms with E-state index in [0.717, 1.165) is 12.2 Å². The van der Waals surface area contributed by atoms with E-state index in [2.05, 4.69) is 25.3 Å². The van der Waals surface area contributed by atoms with E-state index in [0.29, 0.717) is 5.56 Å². The van der Waals surface area contributed by atoms with Gasteiger partial charge < -0.3 is 11.8 Å². The summed E-state index contributed by atoms with van der Waals surface area (Å²) in [6.07, 6.45) is 15.2. The van der Waals surface area contributed by atoms with Gasteiger partial charge in [-0.3, -0.25) is 0 Å². The minimum absolute atomic E-state index is 0. The number of nitrogens with one attached hydrogen (secondary N) is 1. The second-order valence-electron chi connectivity index (χ2n) is 9.01. The number of carboxylic acids is 1. The number of anilines is 1. The van der Waals surface area contributed by atoms with E-state index in [1.807, 2.05) is 12.1 Å². The summed E-state index contributed by atoms with van der Waals surface area (Å²) in [6.45, 7) is 8.38. The zero-order valence-corrected chi connectivity index (χ0v) is 22.6. The first-order chi connectivity index (χ1) is 13.4. The van der Waals surface area contributed by atoms with Crippen molar-refractivity contribution >= 4 is 19.7 Å². The molecule has 1 aromatic rings. The molecule has 162 valence electrons. The van der Waals surface area contributed by atoms with Crippen LogP contribution in [0.5, 0.6) is 0 Å². The fourth-order valence-corrected chi connectivity index (χ4v) is 6.40. The number of hydrogen-bond donors (Lipinski definition) is 2. The topological polar surface area (TPSA) is 49.3 Å². The maximum Gasteiger partial charge on any atom is 1.00 e. The van der Waals surface area contributed by atoms with Crippen LogP contribution in [0.4, 0.5) is 5.69 Å². The van der Waals surface area contributed by atoms with Crippen LogP contribution in [0, 0.1) is 0 Å². The number of rotatable bonds is 17. The smallest absolute Gasteiger partial charge is 1.00 e. The molecule has 3 nitrogen and oxygen atoms in total. The second-order valence-corrected chi connectivity index (χ2v) is 14.3. The molecule has 0 fully saturated rings. The molecule has 0 saturated carbocycles. The van der Waals surface area contributed by atoms with Gasteiger partial charge in [0.1, 0.15) is 0 Å². The monoisotopic (exact) mass is 429 g/mol. The average molecular weight is 430 g/mol. The van der Waals surface area contributed by atoms with E-state index in [4.69, 9.17) is 5.11 Å². The Bertz CT molecular complexity index is 541. The molecule has 1 aromatic carbocycles. The molecule has 0 aliphatic heterocycles. The molecular weight excluding hydrogens is 385 g/mol. The van der Waals surface area contributed by atoms with Crippen molar-refractivity contribution in [2.75, 3.05) is 11.9 Å². The van der Waals surface area contributed by atoms with Gasteiger partial charge in [0.25, 0.3) is 0 Å². The van der Waals surface area contributed by atoms with E-state index < -0.39 is 14.0 Å². The molecule has 0 aliphatic rings. The van der Waals surface area contributed by atoms with Gasteiger partial charge in [0.15, 0.2) is 0 Å². The predicted molar refractivity (Wildman–Crippen MR) is 127 cm³/mol. The van der Waals surface area contributed by atoms with Crippen LogP contribution in [0.2, 0.25) is 25.2 Å². The molecule has 5 heteroatoms. The summed E-state index contributed by atoms with van der Waals surface area (Å²) >= 11 is 0. The van der Waals surface area contributed by atoms with Gasteiger partial charge in [-0.15, -0.1) is 0 Å². The minimum atomic E-state index is -1.00. The van der Waals surface area contributed by atoms with E-state index >= 15 is 0 Å². The van der Waals surface area contributed by atoms with E-state index in [1.54, 1.807) is 12.1 Å². The predicted octanol–water partition coefficient (Wildman–Crippen LogP) is 4.93. The Labute approximate surface area is 204 Å². The van der Waals surface area contributed by atoms with Crippen LogP contribution >= 0.6 is 0 Å². The van der Waals surface area contributed by atoms with E-state index in [1.165, 1.54) is 82.7 Å². The fraction of sp³-hybridized carbons (Fsp3) is 0.708. The van der Waals surface area contributed by atoms with Gasteiger partial charge in [0.2, 0.25) is 0 Å². The molecule has 0 aromatic heterocycles. The van der Waals surface area contributed by atoms with E-state index in [-0.39, 0.29) is 31.0 Å². The van der Waals surface area contributed by atoms with Gasteiger partial charge in [-0.25, -0.2) is 4.79 Å². The van der Waals surface area contributed by atoms with Gasteiger partial charge in [-0.1, -0.05) is 96.3 Å². The average Bonchev–Trinajstić information content (AvgIpc) is 2.67. The number of benzene rings is 1. The van der Waals surface area contributed by atoms with Crippen molar-refractivity contribution in [2.45, 2.75) is 103 Å². The third kappa shape index (κ3) is 15.2. The second kappa shape index (κ2) is 17.4. The summed E-state index contributed by atoms with van der Waals surface area (Å²) in [6, 6.07) is 9.97. The SMILES string of the molecule is CCCCCCCCCC[Si](C)(C)CCCCCNc1ccc(C(=O)O)cc1.[H-].[Na+]. The fourth-order valence-electron chi connectivity index (χ4n) is 3.73. The van der Waals surface area contributed by atoms with Gasteiger partial charge in [0.05, 0.1) is 5.56 Å². The van der Waals surface area contributed by atoms with Crippen molar-refractivity contribution in [3.63, 3.8) is 0 Å². The Hall–Kier alpha value is -0.293. The Morgan fingerprint density at radius 1 is 0.862 bits per heavy atom. The van der Waals surface area contributed by atoms with Crippen LogP contribution in [0.3, 0.4) is 0 Å². The molecule has 0 spiro atoms. The van der Waals surface area contributed by atoms with Crippen LogP contribution in [0.25, 0.3) is 0 Å². The maximum absolute atomic E-state index is 10.9. The zero-order valence-electron chi connectivity index (χ0n) is 20.6. The third-order valence-corrected chi connectivity index (χ3v) is 9.11. The molecule has 0 radical (unpaired) electrons. The molecule has 0 saturated heterocycles. The molecule has 2 N–H and O–H groups in total. The molecule has 0 atom stereocenters. The number of hydrogen-bond acceptors (Lipinski definition) is 2. The molecule has 0 aliphatic carbocycles. The Kier molecular flexibility index (Phi) is 17.2. The molecule has 29 heavy (non-hydrogen) atoms. The maximum atomic E-state index is 10.9. The van der Waals surface area contributed by atoms with Gasteiger partial charge in [-0.05, 0) is 30.7 Å². The summed E-state index contributed by atoms with van der Waals surface area (Å²) in [5.74, 6) is -0.870. The summed E-state index contributed by atoms with van der Waals surface area (Å²) < 4.78 is 0. The Balaban J connectivity index is 0. The summed E-state index contributed by atoms with van der Waals surface area (Å²) in [7, 11) is -1.00. The first kappa shape index (κ1) is 28.7. The van der Waals surface area contributed by atoms with Crippen LogP contribution in [-0.4, -0.2) is 25.7 Å². The molecule has 1 rings (SSSR count). The van der Waals surface area contributed by atoms with Crippen LogP contribution in [0.1, 0.15) is 89.3 Å². The zero-order chi connectivity index (χ0) is 20.7. The van der Waals surface area contributed by atoms with Crippen molar-refractivity contribution < 1.29 is 40.9 Å². The number of carbonyl (C=O) groups is 1. The third-order valence-electron chi connectivity index (χ3n) is 5.70. The van der Waals surface area contributed by atoms with Gasteiger partial charge >= 0.3 is 35.5 Å². The van der Waals surface area contributed by atoms with Crippen LogP contribution in [0.15, 0.2) is 24.3 Å². The van der Waals surface area contributed by atoms with Crippen molar-refractivity contribution in [2.24, 2.45) is 0 Å². The molecule has 0 heterocycles. The van der Waals surface area contributed by atoms with Crippen molar-refractivity contribution in [1.29, 1.82) is 0 Å². The first-order valence-corrected chi connectivity index (χ1v) is 14.9. The largest absolute Gasteiger partial charge is 1.00 e. The number of unbranched alkanes of at least 4 members (excludes halogenated alkanes) is 9. The summed E-state index contributed by atoms with van der Waals surface area (Å²) in [5.41, 5.74) is 1.35. The number of aromatic carboxylic acids is 1. The molecule has 0 unspecified atom stereocenters. The van der Waals surface area contributed by atoms with E-state index in [9.17, 15) is 4.79 Å². The normalized spacial score (nSPS) is 11.1. The summed E-state index contributed by atoms with van der Waals surface area (Å²) in [5, 5.41) is 12.3. The van der Waals surface area contributed by atoms with Crippen molar-refractivity contribution in [1.82, 2.24) is 0 Å². The van der Waals surface area contributed by atoms with Crippen molar-refractivity contribution in [3.8, 4) is 0 Å². The van der Waals surface area contributed by atoms with Crippen LogP contribution < -0.4 is 34.9 Å². The Morgan fingerprint density at radius 2 is 1.34 bits per heavy atom. The van der Waals surface area contributed by atoms with Crippen LogP contribution in [-0.2, 0) is 0 Å². The number of carboxylic acid groups (broad SMARTS) is 1. The molecule has 0 amide bonds. The standard InChI is InChI=1S/C24H43NO2Si.Na.H/c1-4-5-6-7-8-9-10-13-20-28(2,3)21-14-11-12-19-25-23-17-15-22(16-18-23)24(26)27;;/h15-18,25H,4-14,19-21H2,1-3H3,(H,26,27);;/q;+1;-1. The first-order valence-electron chi connectivity index (χ1n) is 11.5. The Morgan fingerprint density at radius 3 is 1.86 bits per heavy atom. The molecular formula is C24H44NNaO2Si. The van der Waals surface area contributed by atoms with Gasteiger partial charge in [-0.2, -0.15) is 0 Å². The van der Waals surface area contributed by atoms with Gasteiger partial charge in [0, 0.05) is 20.3 Å².